The Morgan fingerprint density at radius 1 is 0.315 bits per heavy atom. The van der Waals surface area contributed by atoms with Gasteiger partial charge in [0.25, 0.3) is 0 Å². The molecular weight excluding hydrogens is 669 g/mol. The molecule has 0 unspecified atom stereocenters. The molecule has 0 saturated carbocycles. The highest BCUT2D eigenvalue weighted by atomic mass is 16.5. The van der Waals surface area contributed by atoms with Gasteiger partial charge in [0.15, 0.2) is 0 Å². The Balaban J connectivity index is 3.61. The number of carbonyl (C=O) groups is 2. The van der Waals surface area contributed by atoms with Crippen molar-refractivity contribution in [1.29, 1.82) is 0 Å². The maximum absolute atomic E-state index is 12.3. The number of rotatable bonds is 43. The van der Waals surface area contributed by atoms with Crippen LogP contribution < -0.4 is 0 Å². The van der Waals surface area contributed by atoms with E-state index < -0.39 is 0 Å². The van der Waals surface area contributed by atoms with Crippen molar-refractivity contribution in [3.63, 3.8) is 0 Å². The van der Waals surface area contributed by atoms with Gasteiger partial charge in [0.1, 0.15) is 26.3 Å². The maximum Gasteiger partial charge on any atom is 0.305 e. The van der Waals surface area contributed by atoms with Crippen molar-refractivity contribution in [3.05, 3.63) is 0 Å². The number of hydrogen-bond acceptors (Lipinski definition) is 4. The Kier molecular flexibility index (Phi) is 37.9. The molecule has 0 fully saturated rings. The summed E-state index contributed by atoms with van der Waals surface area (Å²) in [7, 11) is 8.96. The van der Waals surface area contributed by atoms with E-state index in [1.807, 2.05) is 0 Å². The molecule has 0 rings (SSSR count). The monoisotopic (exact) mass is 767 g/mol. The van der Waals surface area contributed by atoms with Crippen LogP contribution in [0.3, 0.4) is 0 Å². The fourth-order valence-electron chi connectivity index (χ4n) is 7.54. The molecule has 0 aromatic rings. The van der Waals surface area contributed by atoms with Crippen LogP contribution in [0, 0.1) is 0 Å². The van der Waals surface area contributed by atoms with Gasteiger partial charge in [-0.25, -0.2) is 0 Å². The van der Waals surface area contributed by atoms with E-state index in [0.29, 0.717) is 38.9 Å². The van der Waals surface area contributed by atoms with Crippen LogP contribution in [-0.4, -0.2) is 88.5 Å². The highest BCUT2D eigenvalue weighted by Crippen LogP contribution is 2.16. The average Bonchev–Trinajstić information content (AvgIpc) is 3.13. The Labute approximate surface area is 338 Å². The second-order valence-electron chi connectivity index (χ2n) is 18.3. The zero-order chi connectivity index (χ0) is 39.9. The maximum atomic E-state index is 12.3. The molecule has 6 heteroatoms. The first-order chi connectivity index (χ1) is 26.1. The molecule has 0 aromatic carbocycles. The summed E-state index contributed by atoms with van der Waals surface area (Å²) in [6, 6.07) is 0. The van der Waals surface area contributed by atoms with E-state index in [4.69, 9.17) is 9.47 Å². The Morgan fingerprint density at radius 2 is 0.537 bits per heavy atom. The predicted molar refractivity (Wildman–Crippen MR) is 234 cm³/mol. The number of esters is 2. The van der Waals surface area contributed by atoms with E-state index in [1.54, 1.807) is 0 Å². The molecule has 0 aromatic heterocycles. The molecule has 0 atom stereocenters. The quantitative estimate of drug-likeness (QED) is 0.0352. The molecule has 54 heavy (non-hydrogen) atoms. The number of hydrogen-bond donors (Lipinski definition) is 0. The minimum absolute atomic E-state index is 0.145. The third kappa shape index (κ3) is 40.5. The Bertz CT molecular complexity index is 749. The van der Waals surface area contributed by atoms with Crippen molar-refractivity contribution >= 4 is 11.9 Å². The number of quaternary nitrogens is 2. The van der Waals surface area contributed by atoms with Gasteiger partial charge in [-0.05, 0) is 38.5 Å². The van der Waals surface area contributed by atoms with Gasteiger partial charge in [-0.15, -0.1) is 0 Å². The molecule has 0 bridgehead atoms. The number of carbonyl (C=O) groups excluding carboxylic acids is 2. The topological polar surface area (TPSA) is 52.6 Å². The van der Waals surface area contributed by atoms with Crippen molar-refractivity contribution in [2.24, 2.45) is 0 Å². The van der Waals surface area contributed by atoms with Gasteiger partial charge < -0.3 is 18.4 Å². The third-order valence-corrected chi connectivity index (χ3v) is 11.7. The summed E-state index contributed by atoms with van der Waals surface area (Å²) in [6.07, 6.45) is 43.8. The standard InChI is InChI=1S/C48H98N2O4/c1-7-9-11-13-15-17-19-21-23-25-27-29-31-33-37-41-49(3,4)43-45-53-47(51)39-35-36-40-48(52)54-46-44-50(5,6)42-38-34-32-30-28-26-24-22-20-18-16-14-12-10-8-2/h7-46H2,1-6H3/q+2. The van der Waals surface area contributed by atoms with Crippen molar-refractivity contribution < 1.29 is 28.0 Å². The van der Waals surface area contributed by atoms with Gasteiger partial charge in [0.05, 0.1) is 41.3 Å². The lowest BCUT2D eigenvalue weighted by Gasteiger charge is -2.29. The number of likely N-dealkylation sites (N-methyl/N-ethyl adjacent to an activating group) is 2. The van der Waals surface area contributed by atoms with Crippen LogP contribution in [0.15, 0.2) is 0 Å². The molecule has 0 saturated heterocycles. The first kappa shape index (κ1) is 52.9. The minimum atomic E-state index is -0.145. The molecule has 322 valence electrons. The highest BCUT2D eigenvalue weighted by Gasteiger charge is 2.17. The summed E-state index contributed by atoms with van der Waals surface area (Å²) < 4.78 is 12.9. The summed E-state index contributed by atoms with van der Waals surface area (Å²) in [5.41, 5.74) is 0. The third-order valence-electron chi connectivity index (χ3n) is 11.7. The lowest BCUT2D eigenvalue weighted by molar-refractivity contribution is -0.890. The Morgan fingerprint density at radius 3 is 0.778 bits per heavy atom. The molecular formula is C48H98N2O4+2. The first-order valence-electron chi connectivity index (χ1n) is 24.1. The van der Waals surface area contributed by atoms with E-state index >= 15 is 0 Å². The van der Waals surface area contributed by atoms with Gasteiger partial charge in [-0.3, -0.25) is 9.59 Å². The van der Waals surface area contributed by atoms with Gasteiger partial charge in [0.2, 0.25) is 0 Å². The van der Waals surface area contributed by atoms with E-state index in [9.17, 15) is 9.59 Å². The Hall–Kier alpha value is -1.14. The lowest BCUT2D eigenvalue weighted by Crippen LogP contribution is -2.43. The van der Waals surface area contributed by atoms with Crippen LogP contribution in [0.4, 0.5) is 0 Å². The average molecular weight is 767 g/mol. The van der Waals surface area contributed by atoms with Crippen molar-refractivity contribution in [2.75, 3.05) is 67.6 Å². The largest absolute Gasteiger partial charge is 0.460 e. The second-order valence-corrected chi connectivity index (χ2v) is 18.3. The van der Waals surface area contributed by atoms with Gasteiger partial charge in [0, 0.05) is 12.8 Å². The summed E-state index contributed by atoms with van der Waals surface area (Å²) in [5.74, 6) is -0.290. The molecule has 0 spiro atoms. The number of ether oxygens (including phenoxy) is 2. The minimum Gasteiger partial charge on any atom is -0.460 e. The van der Waals surface area contributed by atoms with Gasteiger partial charge in [-0.1, -0.05) is 181 Å². The summed E-state index contributed by atoms with van der Waals surface area (Å²) >= 11 is 0. The van der Waals surface area contributed by atoms with E-state index in [-0.39, 0.29) is 11.9 Å². The number of nitrogens with zero attached hydrogens (tertiary/aromatic N) is 2. The zero-order valence-electron chi connectivity index (χ0n) is 37.8. The SMILES string of the molecule is CCCCCCCCCCCCCCCCC[N+](C)(C)CCOC(=O)CCCCC(=O)OCC[N+](C)(C)CCCCCCCCCCCCCCCCC. The number of unbranched alkanes of at least 4 members (excludes halogenated alkanes) is 29. The summed E-state index contributed by atoms with van der Waals surface area (Å²) in [4.78, 5) is 24.5. The molecule has 0 N–H and O–H groups in total. The van der Waals surface area contributed by atoms with Crippen LogP contribution in [-0.2, 0) is 19.1 Å². The molecule has 0 aliphatic rings. The zero-order valence-corrected chi connectivity index (χ0v) is 37.8. The highest BCUT2D eigenvalue weighted by molar-refractivity contribution is 5.70. The molecule has 0 heterocycles. The van der Waals surface area contributed by atoms with Crippen LogP contribution in [0.1, 0.15) is 232 Å². The van der Waals surface area contributed by atoms with E-state index in [0.717, 1.165) is 35.1 Å². The fourth-order valence-corrected chi connectivity index (χ4v) is 7.54. The van der Waals surface area contributed by atoms with Crippen LogP contribution in [0.5, 0.6) is 0 Å². The molecule has 6 nitrogen and oxygen atoms in total. The summed E-state index contributed by atoms with van der Waals surface area (Å²) in [6.45, 7) is 9.49. The lowest BCUT2D eigenvalue weighted by atomic mass is 10.0. The van der Waals surface area contributed by atoms with Crippen molar-refractivity contribution in [1.82, 2.24) is 0 Å². The van der Waals surface area contributed by atoms with Gasteiger partial charge >= 0.3 is 11.9 Å². The molecule has 0 radical (unpaired) electrons. The first-order valence-corrected chi connectivity index (χ1v) is 24.1. The fraction of sp³-hybridized carbons (Fsp3) is 0.958. The molecule has 0 aliphatic carbocycles. The molecule has 0 aliphatic heterocycles. The summed E-state index contributed by atoms with van der Waals surface area (Å²) in [5, 5.41) is 0. The van der Waals surface area contributed by atoms with Crippen molar-refractivity contribution in [2.45, 2.75) is 232 Å². The van der Waals surface area contributed by atoms with E-state index in [2.05, 4.69) is 42.0 Å². The van der Waals surface area contributed by atoms with Crippen LogP contribution in [0.25, 0.3) is 0 Å². The second kappa shape index (κ2) is 38.7. The molecule has 0 amide bonds. The smallest absolute Gasteiger partial charge is 0.305 e. The van der Waals surface area contributed by atoms with Crippen LogP contribution in [0.2, 0.25) is 0 Å². The van der Waals surface area contributed by atoms with Crippen molar-refractivity contribution in [3.8, 4) is 0 Å². The predicted octanol–water partition coefficient (Wildman–Crippen LogP) is 13.5. The van der Waals surface area contributed by atoms with E-state index in [1.165, 1.54) is 193 Å². The normalized spacial score (nSPS) is 12.0. The van der Waals surface area contributed by atoms with Crippen LogP contribution >= 0.6 is 0 Å². The van der Waals surface area contributed by atoms with Gasteiger partial charge in [-0.2, -0.15) is 0 Å².